The number of nitrogens with zero attached hydrogens (tertiary/aromatic N) is 4. The highest BCUT2D eigenvalue weighted by Gasteiger charge is 2.08. The standard InChI is InChI=1S/C12H12Br2N6O/c1-2-3-21-11-8(4-9(13)5-10(11)14)6-16-18-12-19-17-7-20(12)15/h2,4-7H,1,3,15H2,(H,18,19). The molecular weight excluding hydrogens is 404 g/mol. The van der Waals surface area contributed by atoms with Crippen LogP contribution in [0, 0.1) is 0 Å². The molecule has 0 spiro atoms. The molecule has 0 radical (unpaired) electrons. The molecule has 9 heteroatoms. The second-order valence-corrected chi connectivity index (χ2v) is 5.61. The first-order valence-corrected chi connectivity index (χ1v) is 7.37. The quantitative estimate of drug-likeness (QED) is 0.327. The van der Waals surface area contributed by atoms with Crippen molar-refractivity contribution in [2.75, 3.05) is 17.9 Å². The predicted molar refractivity (Wildman–Crippen MR) is 88.9 cm³/mol. The topological polar surface area (TPSA) is 90.3 Å². The molecule has 2 aromatic rings. The molecule has 0 atom stereocenters. The highest BCUT2D eigenvalue weighted by atomic mass is 79.9. The van der Waals surface area contributed by atoms with Gasteiger partial charge in [0.05, 0.1) is 10.7 Å². The van der Waals surface area contributed by atoms with E-state index in [0.29, 0.717) is 18.3 Å². The largest absolute Gasteiger partial charge is 0.488 e. The summed E-state index contributed by atoms with van der Waals surface area (Å²) in [6.07, 6.45) is 4.64. The Hall–Kier alpha value is -1.87. The summed E-state index contributed by atoms with van der Waals surface area (Å²) < 4.78 is 8.55. The van der Waals surface area contributed by atoms with Crippen LogP contribution in [0.15, 0.2) is 45.2 Å². The minimum absolute atomic E-state index is 0.328. The number of hydrogen-bond acceptors (Lipinski definition) is 6. The van der Waals surface area contributed by atoms with Gasteiger partial charge in [0.15, 0.2) is 0 Å². The summed E-state index contributed by atoms with van der Waals surface area (Å²) in [5.41, 5.74) is 3.46. The van der Waals surface area contributed by atoms with Crippen molar-refractivity contribution < 1.29 is 4.74 Å². The van der Waals surface area contributed by atoms with Gasteiger partial charge in [0.25, 0.3) is 5.95 Å². The highest BCUT2D eigenvalue weighted by molar-refractivity contribution is 9.11. The Morgan fingerprint density at radius 3 is 2.95 bits per heavy atom. The fourth-order valence-corrected chi connectivity index (χ4v) is 2.83. The van der Waals surface area contributed by atoms with Gasteiger partial charge in [-0.25, -0.2) is 10.1 Å². The number of nitrogen functional groups attached to an aromatic ring is 1. The fraction of sp³-hybridized carbons (Fsp3) is 0.0833. The maximum absolute atomic E-state index is 5.62. The van der Waals surface area contributed by atoms with Gasteiger partial charge >= 0.3 is 0 Å². The summed E-state index contributed by atoms with van der Waals surface area (Å²) in [6, 6.07) is 3.77. The molecule has 0 bridgehead atoms. The van der Waals surface area contributed by atoms with Crippen molar-refractivity contribution in [3.05, 3.63) is 45.6 Å². The lowest BCUT2D eigenvalue weighted by Gasteiger charge is -2.10. The smallest absolute Gasteiger partial charge is 0.263 e. The molecule has 3 N–H and O–H groups in total. The number of hydrogen-bond donors (Lipinski definition) is 2. The number of aromatic nitrogens is 3. The van der Waals surface area contributed by atoms with Crippen LogP contribution in [0.1, 0.15) is 5.56 Å². The number of nitrogens with two attached hydrogens (primary N) is 1. The van der Waals surface area contributed by atoms with Gasteiger partial charge < -0.3 is 10.6 Å². The zero-order valence-electron chi connectivity index (χ0n) is 10.8. The lowest BCUT2D eigenvalue weighted by Crippen LogP contribution is -2.10. The summed E-state index contributed by atoms with van der Waals surface area (Å²) in [5, 5.41) is 11.5. The lowest BCUT2D eigenvalue weighted by atomic mass is 10.2. The number of anilines is 1. The van der Waals surface area contributed by atoms with Crippen LogP contribution >= 0.6 is 31.9 Å². The van der Waals surface area contributed by atoms with E-state index < -0.39 is 0 Å². The molecule has 1 aromatic carbocycles. The van der Waals surface area contributed by atoms with Crippen molar-refractivity contribution in [1.82, 2.24) is 14.9 Å². The molecule has 0 aliphatic carbocycles. The maximum atomic E-state index is 5.62. The zero-order chi connectivity index (χ0) is 15.2. The Bertz CT molecular complexity index is 670. The first kappa shape index (κ1) is 15.5. The van der Waals surface area contributed by atoms with Crippen LogP contribution in [0.5, 0.6) is 5.75 Å². The van der Waals surface area contributed by atoms with Crippen molar-refractivity contribution in [3.8, 4) is 5.75 Å². The summed E-state index contributed by atoms with van der Waals surface area (Å²) in [6.45, 7) is 4.03. The van der Waals surface area contributed by atoms with Crippen molar-refractivity contribution in [3.63, 3.8) is 0 Å². The molecule has 21 heavy (non-hydrogen) atoms. The van der Waals surface area contributed by atoms with Crippen molar-refractivity contribution in [2.45, 2.75) is 0 Å². The van der Waals surface area contributed by atoms with Crippen LogP contribution in [-0.4, -0.2) is 27.7 Å². The van der Waals surface area contributed by atoms with E-state index in [1.165, 1.54) is 11.0 Å². The van der Waals surface area contributed by atoms with Crippen LogP contribution in [0.2, 0.25) is 0 Å². The summed E-state index contributed by atoms with van der Waals surface area (Å²) in [4.78, 5) is 0. The zero-order valence-corrected chi connectivity index (χ0v) is 14.0. The van der Waals surface area contributed by atoms with Gasteiger partial charge in [-0.05, 0) is 28.1 Å². The van der Waals surface area contributed by atoms with Crippen LogP contribution in [0.3, 0.4) is 0 Å². The summed E-state index contributed by atoms with van der Waals surface area (Å²) >= 11 is 6.88. The summed E-state index contributed by atoms with van der Waals surface area (Å²) in [5.74, 6) is 6.56. The Balaban J connectivity index is 2.21. The molecule has 0 unspecified atom stereocenters. The SMILES string of the molecule is C=CCOc1c(Br)cc(Br)cc1C=NNc1nncn1N. The Morgan fingerprint density at radius 2 is 2.29 bits per heavy atom. The van der Waals surface area contributed by atoms with Gasteiger partial charge in [0.1, 0.15) is 18.7 Å². The Kier molecular flexibility index (Phi) is 5.34. The average molecular weight is 416 g/mol. The van der Waals surface area contributed by atoms with E-state index in [2.05, 4.69) is 59.2 Å². The van der Waals surface area contributed by atoms with E-state index in [4.69, 9.17) is 10.6 Å². The van der Waals surface area contributed by atoms with E-state index in [-0.39, 0.29) is 0 Å². The molecule has 1 aromatic heterocycles. The van der Waals surface area contributed by atoms with Gasteiger partial charge in [-0.1, -0.05) is 28.6 Å². The second-order valence-electron chi connectivity index (χ2n) is 3.84. The molecule has 0 amide bonds. The predicted octanol–water partition coefficient (Wildman–Crippen LogP) is 2.53. The Morgan fingerprint density at radius 1 is 1.48 bits per heavy atom. The molecule has 0 saturated carbocycles. The molecule has 0 fully saturated rings. The number of benzene rings is 1. The van der Waals surface area contributed by atoms with E-state index in [1.54, 1.807) is 12.3 Å². The fourth-order valence-electron chi connectivity index (χ4n) is 1.45. The van der Waals surface area contributed by atoms with Gasteiger partial charge in [0.2, 0.25) is 0 Å². The number of hydrazone groups is 1. The van der Waals surface area contributed by atoms with E-state index in [1.807, 2.05) is 12.1 Å². The van der Waals surface area contributed by atoms with Crippen molar-refractivity contribution in [1.29, 1.82) is 0 Å². The summed E-state index contributed by atoms with van der Waals surface area (Å²) in [7, 11) is 0. The maximum Gasteiger partial charge on any atom is 0.263 e. The van der Waals surface area contributed by atoms with Gasteiger partial charge in [-0.15, -0.1) is 10.2 Å². The third-order valence-corrected chi connectivity index (χ3v) is 3.37. The second kappa shape index (κ2) is 7.23. The minimum atomic E-state index is 0.328. The van der Waals surface area contributed by atoms with Crippen LogP contribution in [0.25, 0.3) is 0 Å². The van der Waals surface area contributed by atoms with E-state index >= 15 is 0 Å². The average Bonchev–Trinajstić information content (AvgIpc) is 2.83. The first-order chi connectivity index (χ1) is 10.1. The molecule has 2 rings (SSSR count). The molecule has 7 nitrogen and oxygen atoms in total. The van der Waals surface area contributed by atoms with Crippen LogP contribution < -0.4 is 16.0 Å². The number of rotatable bonds is 6. The Labute approximate surface area is 138 Å². The third kappa shape index (κ3) is 4.05. The van der Waals surface area contributed by atoms with Gasteiger partial charge in [-0.2, -0.15) is 5.10 Å². The lowest BCUT2D eigenvalue weighted by molar-refractivity contribution is 0.360. The van der Waals surface area contributed by atoms with Crippen LogP contribution in [-0.2, 0) is 0 Å². The number of halogens is 2. The van der Waals surface area contributed by atoms with Gasteiger partial charge in [-0.3, -0.25) is 0 Å². The molecule has 0 aliphatic rings. The number of nitrogens with one attached hydrogen (secondary N) is 1. The highest BCUT2D eigenvalue weighted by Crippen LogP contribution is 2.32. The first-order valence-electron chi connectivity index (χ1n) is 5.78. The van der Waals surface area contributed by atoms with Crippen molar-refractivity contribution in [2.24, 2.45) is 5.10 Å². The van der Waals surface area contributed by atoms with E-state index in [0.717, 1.165) is 14.5 Å². The normalized spacial score (nSPS) is 10.8. The van der Waals surface area contributed by atoms with Crippen molar-refractivity contribution >= 4 is 44.0 Å². The third-order valence-electron chi connectivity index (χ3n) is 2.32. The molecule has 0 saturated heterocycles. The minimum Gasteiger partial charge on any atom is -0.488 e. The number of ether oxygens (including phenoxy) is 1. The molecular formula is C12H12Br2N6O. The van der Waals surface area contributed by atoms with Gasteiger partial charge in [0, 0.05) is 10.0 Å². The monoisotopic (exact) mass is 414 g/mol. The van der Waals surface area contributed by atoms with Crippen LogP contribution in [0.4, 0.5) is 5.95 Å². The molecule has 0 aliphatic heterocycles. The molecule has 110 valence electrons. The van der Waals surface area contributed by atoms with E-state index in [9.17, 15) is 0 Å². The molecule has 1 heterocycles.